The SMILES string of the molecule is Cc1onc(C(=O)O)c1C(=O)c1cccnc1. The molecule has 6 heteroatoms. The molecular formula is C11H8N2O4. The van der Waals surface area contributed by atoms with E-state index in [-0.39, 0.29) is 17.0 Å². The van der Waals surface area contributed by atoms with E-state index in [0.717, 1.165) is 0 Å². The quantitative estimate of drug-likeness (QED) is 0.802. The molecule has 86 valence electrons. The Morgan fingerprint density at radius 1 is 1.41 bits per heavy atom. The first-order chi connectivity index (χ1) is 8.11. The number of ketones is 1. The molecule has 2 heterocycles. The molecule has 0 radical (unpaired) electrons. The van der Waals surface area contributed by atoms with E-state index < -0.39 is 11.8 Å². The number of rotatable bonds is 3. The highest BCUT2D eigenvalue weighted by atomic mass is 16.5. The van der Waals surface area contributed by atoms with E-state index in [1.54, 1.807) is 12.1 Å². The average Bonchev–Trinajstić information content (AvgIpc) is 2.71. The van der Waals surface area contributed by atoms with Crippen molar-refractivity contribution in [2.75, 3.05) is 0 Å². The van der Waals surface area contributed by atoms with Gasteiger partial charge < -0.3 is 9.63 Å². The zero-order chi connectivity index (χ0) is 12.4. The number of hydrogen-bond acceptors (Lipinski definition) is 5. The fourth-order valence-electron chi connectivity index (χ4n) is 1.43. The molecule has 0 spiro atoms. The van der Waals surface area contributed by atoms with Gasteiger partial charge in [-0.05, 0) is 19.1 Å². The van der Waals surface area contributed by atoms with Crippen LogP contribution in [0.5, 0.6) is 0 Å². The van der Waals surface area contributed by atoms with Crippen LogP contribution in [0.1, 0.15) is 32.2 Å². The molecular weight excluding hydrogens is 224 g/mol. The Morgan fingerprint density at radius 2 is 2.18 bits per heavy atom. The summed E-state index contributed by atoms with van der Waals surface area (Å²) in [7, 11) is 0. The van der Waals surface area contributed by atoms with E-state index >= 15 is 0 Å². The molecule has 0 aliphatic carbocycles. The maximum atomic E-state index is 12.1. The van der Waals surface area contributed by atoms with Crippen LogP contribution in [-0.2, 0) is 0 Å². The standard InChI is InChI=1S/C11H8N2O4/c1-6-8(9(11(15)16)13-17-6)10(14)7-3-2-4-12-5-7/h2-5H,1H3,(H,15,16). The zero-order valence-corrected chi connectivity index (χ0v) is 8.88. The van der Waals surface area contributed by atoms with Crippen LogP contribution in [0.15, 0.2) is 29.0 Å². The number of carboxylic acids is 1. The van der Waals surface area contributed by atoms with Crippen LogP contribution in [0.25, 0.3) is 0 Å². The van der Waals surface area contributed by atoms with Crippen LogP contribution in [-0.4, -0.2) is 27.0 Å². The van der Waals surface area contributed by atoms with Gasteiger partial charge in [0.1, 0.15) is 11.3 Å². The van der Waals surface area contributed by atoms with Gasteiger partial charge in [0.15, 0.2) is 0 Å². The van der Waals surface area contributed by atoms with E-state index in [1.165, 1.54) is 19.3 Å². The molecule has 0 aromatic carbocycles. The first kappa shape index (κ1) is 11.0. The van der Waals surface area contributed by atoms with Crippen molar-refractivity contribution in [3.05, 3.63) is 47.1 Å². The number of pyridine rings is 1. The maximum absolute atomic E-state index is 12.1. The summed E-state index contributed by atoms with van der Waals surface area (Å²) in [4.78, 5) is 26.7. The predicted octanol–water partition coefficient (Wildman–Crippen LogP) is 1.31. The lowest BCUT2D eigenvalue weighted by Gasteiger charge is -1.98. The molecule has 1 N–H and O–H groups in total. The number of hydrogen-bond donors (Lipinski definition) is 1. The fraction of sp³-hybridized carbons (Fsp3) is 0.0909. The molecule has 0 fully saturated rings. The van der Waals surface area contributed by atoms with Crippen LogP contribution in [0.4, 0.5) is 0 Å². The molecule has 0 aliphatic heterocycles. The highest BCUT2D eigenvalue weighted by Gasteiger charge is 2.25. The Kier molecular flexibility index (Phi) is 2.70. The summed E-state index contributed by atoms with van der Waals surface area (Å²) in [5.74, 6) is -1.58. The zero-order valence-electron chi connectivity index (χ0n) is 8.88. The largest absolute Gasteiger partial charge is 0.476 e. The summed E-state index contributed by atoms with van der Waals surface area (Å²) in [6.07, 6.45) is 2.88. The highest BCUT2D eigenvalue weighted by Crippen LogP contribution is 2.17. The van der Waals surface area contributed by atoms with Crippen molar-refractivity contribution in [3.63, 3.8) is 0 Å². The van der Waals surface area contributed by atoms with Crippen molar-refractivity contribution >= 4 is 11.8 Å². The van der Waals surface area contributed by atoms with Gasteiger partial charge in [-0.3, -0.25) is 9.78 Å². The molecule has 6 nitrogen and oxygen atoms in total. The lowest BCUT2D eigenvalue weighted by Crippen LogP contribution is -2.09. The summed E-state index contributed by atoms with van der Waals surface area (Å²) in [6.45, 7) is 1.49. The topological polar surface area (TPSA) is 93.3 Å². The minimum Gasteiger partial charge on any atom is -0.476 e. The summed E-state index contributed by atoms with van der Waals surface area (Å²) in [6, 6.07) is 3.14. The van der Waals surface area contributed by atoms with Gasteiger partial charge in [0.05, 0.1) is 0 Å². The van der Waals surface area contributed by atoms with Crippen LogP contribution >= 0.6 is 0 Å². The minimum absolute atomic E-state index is 0.0366. The van der Waals surface area contributed by atoms with Crippen molar-refractivity contribution in [2.24, 2.45) is 0 Å². The summed E-state index contributed by atoms with van der Waals surface area (Å²) < 4.78 is 4.73. The Hall–Kier alpha value is -2.50. The van der Waals surface area contributed by atoms with Crippen LogP contribution < -0.4 is 0 Å². The molecule has 0 amide bonds. The molecule has 0 atom stereocenters. The first-order valence-electron chi connectivity index (χ1n) is 4.75. The van der Waals surface area contributed by atoms with Crippen LogP contribution in [0.2, 0.25) is 0 Å². The van der Waals surface area contributed by atoms with E-state index in [0.29, 0.717) is 5.56 Å². The minimum atomic E-state index is -1.30. The average molecular weight is 232 g/mol. The van der Waals surface area contributed by atoms with Crippen molar-refractivity contribution in [3.8, 4) is 0 Å². The lowest BCUT2D eigenvalue weighted by atomic mass is 10.0. The number of carbonyl (C=O) groups excluding carboxylic acids is 1. The number of carbonyl (C=O) groups is 2. The number of aromatic carboxylic acids is 1. The lowest BCUT2D eigenvalue weighted by molar-refractivity contribution is 0.0682. The van der Waals surface area contributed by atoms with E-state index in [1.807, 2.05) is 0 Å². The number of carboxylic acid groups (broad SMARTS) is 1. The maximum Gasteiger partial charge on any atom is 0.358 e. The van der Waals surface area contributed by atoms with E-state index in [9.17, 15) is 9.59 Å². The van der Waals surface area contributed by atoms with E-state index in [4.69, 9.17) is 9.63 Å². The van der Waals surface area contributed by atoms with Crippen molar-refractivity contribution in [1.82, 2.24) is 10.1 Å². The Morgan fingerprint density at radius 3 is 2.76 bits per heavy atom. The molecule has 0 saturated carbocycles. The molecule has 0 aliphatic rings. The highest BCUT2D eigenvalue weighted by molar-refractivity contribution is 6.14. The smallest absolute Gasteiger partial charge is 0.358 e. The Labute approximate surface area is 95.9 Å². The molecule has 2 rings (SSSR count). The molecule has 2 aromatic rings. The van der Waals surface area contributed by atoms with Gasteiger partial charge in [0.25, 0.3) is 0 Å². The molecule has 2 aromatic heterocycles. The van der Waals surface area contributed by atoms with Gasteiger partial charge in [0, 0.05) is 18.0 Å². The van der Waals surface area contributed by atoms with Gasteiger partial charge in [0.2, 0.25) is 11.5 Å². The summed E-state index contributed by atoms with van der Waals surface area (Å²) in [5.41, 5.74) is -0.122. The number of nitrogens with zero attached hydrogens (tertiary/aromatic N) is 2. The van der Waals surface area contributed by atoms with Gasteiger partial charge >= 0.3 is 5.97 Å². The van der Waals surface area contributed by atoms with Crippen molar-refractivity contribution in [2.45, 2.75) is 6.92 Å². The third-order valence-electron chi connectivity index (χ3n) is 2.22. The molecule has 0 saturated heterocycles. The second kappa shape index (κ2) is 4.17. The summed E-state index contributed by atoms with van der Waals surface area (Å²) in [5, 5.41) is 12.2. The van der Waals surface area contributed by atoms with Gasteiger partial charge in [-0.15, -0.1) is 0 Å². The molecule has 0 unspecified atom stereocenters. The van der Waals surface area contributed by atoms with Gasteiger partial charge in [-0.2, -0.15) is 0 Å². The number of aromatic nitrogens is 2. The Bertz CT molecular complexity index is 574. The third-order valence-corrected chi connectivity index (χ3v) is 2.22. The second-order valence-corrected chi connectivity index (χ2v) is 3.34. The Balaban J connectivity index is 2.51. The third kappa shape index (κ3) is 1.92. The molecule has 0 bridgehead atoms. The second-order valence-electron chi connectivity index (χ2n) is 3.34. The first-order valence-corrected chi connectivity index (χ1v) is 4.75. The van der Waals surface area contributed by atoms with Crippen molar-refractivity contribution < 1.29 is 19.2 Å². The molecule has 17 heavy (non-hydrogen) atoms. The number of aryl methyl sites for hydroxylation is 1. The normalized spacial score (nSPS) is 10.2. The summed E-state index contributed by atoms with van der Waals surface area (Å²) >= 11 is 0. The van der Waals surface area contributed by atoms with Gasteiger partial charge in [-0.25, -0.2) is 4.79 Å². The van der Waals surface area contributed by atoms with Crippen molar-refractivity contribution in [1.29, 1.82) is 0 Å². The fourth-order valence-corrected chi connectivity index (χ4v) is 1.43. The predicted molar refractivity (Wildman–Crippen MR) is 55.9 cm³/mol. The van der Waals surface area contributed by atoms with Crippen LogP contribution in [0, 0.1) is 6.92 Å². The van der Waals surface area contributed by atoms with Gasteiger partial charge in [-0.1, -0.05) is 5.16 Å². The monoisotopic (exact) mass is 232 g/mol. The van der Waals surface area contributed by atoms with Crippen LogP contribution in [0.3, 0.4) is 0 Å². The van der Waals surface area contributed by atoms with E-state index in [2.05, 4.69) is 10.1 Å².